The molecule has 0 aliphatic carbocycles. The Kier molecular flexibility index (Phi) is 1.96. The Bertz CT molecular complexity index is 484. The minimum atomic E-state index is -2.98. The van der Waals surface area contributed by atoms with Gasteiger partial charge in [0.05, 0.1) is 9.79 Å². The molecule has 0 amide bonds. The van der Waals surface area contributed by atoms with E-state index >= 15 is 0 Å². The maximum Gasteiger partial charge on any atom is 0.209 e. The van der Waals surface area contributed by atoms with E-state index < -0.39 is 9.84 Å². The highest BCUT2D eigenvalue weighted by molar-refractivity contribution is 7.97. The fourth-order valence-electron chi connectivity index (χ4n) is 2.00. The molecule has 14 heavy (non-hydrogen) atoms. The summed E-state index contributed by atoms with van der Waals surface area (Å²) in [6.45, 7) is 6.15. The van der Waals surface area contributed by atoms with Crippen LogP contribution in [0.15, 0.2) is 21.9 Å². The molecule has 1 aromatic carbocycles. The minimum Gasteiger partial charge on any atom is -0.218 e. The second-order valence-electron chi connectivity index (χ2n) is 3.98. The second kappa shape index (κ2) is 2.83. The van der Waals surface area contributed by atoms with Crippen molar-refractivity contribution in [3.05, 3.63) is 23.3 Å². The number of fused-ring (bicyclic) bond motifs is 1. The molecular weight excluding hydrogens is 196 g/mol. The highest BCUT2D eigenvalue weighted by Crippen LogP contribution is 2.46. The summed E-state index contributed by atoms with van der Waals surface area (Å²) >= 11 is 0. The first kappa shape index (κ1) is 9.71. The molecule has 0 saturated heterocycles. The van der Waals surface area contributed by atoms with Gasteiger partial charge in [0, 0.05) is 0 Å². The van der Waals surface area contributed by atoms with Crippen LogP contribution < -0.4 is 0 Å². The normalized spacial score (nSPS) is 16.9. The molecule has 1 aromatic rings. The quantitative estimate of drug-likeness (QED) is 0.714. The summed E-state index contributed by atoms with van der Waals surface area (Å²) in [5.74, 6) is 0.289. The number of benzene rings is 1. The maximum atomic E-state index is 11.5. The van der Waals surface area contributed by atoms with Crippen LogP contribution in [0.25, 0.3) is 0 Å². The Balaban J connectivity index is 2.70. The fraction of sp³-hybridized carbons (Fsp3) is 0.455. The Morgan fingerprint density at radius 1 is 1.29 bits per heavy atom. The maximum absolute atomic E-state index is 11.5. The third kappa shape index (κ3) is 1.12. The van der Waals surface area contributed by atoms with E-state index in [-0.39, 0.29) is 5.92 Å². The number of hydrogen-bond acceptors (Lipinski definition) is 2. The summed E-state index contributed by atoms with van der Waals surface area (Å²) in [6.07, 6.45) is 0.899. The molecular formula is C11H14O2S. The third-order valence-electron chi connectivity index (χ3n) is 2.73. The van der Waals surface area contributed by atoms with Crippen molar-refractivity contribution < 1.29 is 8.42 Å². The highest BCUT2D eigenvalue weighted by atomic mass is 32.2. The average molecular weight is 210 g/mol. The molecule has 0 spiro atoms. The van der Waals surface area contributed by atoms with Crippen molar-refractivity contribution in [2.75, 3.05) is 0 Å². The average Bonchev–Trinajstić information content (AvgIpc) is 2.68. The van der Waals surface area contributed by atoms with Gasteiger partial charge in [-0.05, 0) is 29.5 Å². The lowest BCUT2D eigenvalue weighted by Gasteiger charge is -2.08. The Labute approximate surface area is 84.9 Å². The molecule has 0 fully saturated rings. The lowest BCUT2D eigenvalue weighted by Crippen LogP contribution is -1.94. The van der Waals surface area contributed by atoms with Crippen LogP contribution in [0.2, 0.25) is 0 Å². The van der Waals surface area contributed by atoms with E-state index in [1.165, 1.54) is 5.56 Å². The first-order chi connectivity index (χ1) is 6.50. The molecule has 1 heterocycles. The third-order valence-corrected chi connectivity index (χ3v) is 4.42. The number of rotatable bonds is 2. The van der Waals surface area contributed by atoms with Gasteiger partial charge in [-0.15, -0.1) is 0 Å². The van der Waals surface area contributed by atoms with Gasteiger partial charge >= 0.3 is 0 Å². The monoisotopic (exact) mass is 210 g/mol. The molecule has 0 saturated carbocycles. The van der Waals surface area contributed by atoms with Crippen molar-refractivity contribution in [2.24, 2.45) is 0 Å². The van der Waals surface area contributed by atoms with Crippen molar-refractivity contribution in [1.82, 2.24) is 0 Å². The van der Waals surface area contributed by atoms with Crippen LogP contribution in [0.5, 0.6) is 0 Å². The first-order valence-electron chi connectivity index (χ1n) is 4.91. The fourth-order valence-corrected chi connectivity index (χ4v) is 3.71. The summed E-state index contributed by atoms with van der Waals surface area (Å²) in [5, 5.41) is 0. The molecule has 1 aliphatic heterocycles. The molecule has 1 aliphatic rings. The van der Waals surface area contributed by atoms with Crippen LogP contribution in [-0.4, -0.2) is 8.42 Å². The molecule has 76 valence electrons. The van der Waals surface area contributed by atoms with E-state index in [0.29, 0.717) is 9.79 Å². The van der Waals surface area contributed by atoms with Gasteiger partial charge in [0.25, 0.3) is 0 Å². The summed E-state index contributed by atoms with van der Waals surface area (Å²) < 4.78 is 23.0. The Hall–Kier alpha value is -0.830. The molecule has 0 aromatic heterocycles. The van der Waals surface area contributed by atoms with Gasteiger partial charge in [-0.3, -0.25) is 0 Å². The predicted octanol–water partition coefficient (Wildman–Crippen LogP) is 2.52. The predicted molar refractivity (Wildman–Crippen MR) is 55.4 cm³/mol. The van der Waals surface area contributed by atoms with E-state index in [2.05, 4.69) is 6.92 Å². The lowest BCUT2D eigenvalue weighted by molar-refractivity contribution is 0.611. The highest BCUT2D eigenvalue weighted by Gasteiger charge is 2.43. The van der Waals surface area contributed by atoms with Gasteiger partial charge < -0.3 is 0 Å². The van der Waals surface area contributed by atoms with E-state index in [0.717, 1.165) is 12.0 Å². The zero-order chi connectivity index (χ0) is 10.5. The van der Waals surface area contributed by atoms with Gasteiger partial charge in [0.15, 0.2) is 0 Å². The van der Waals surface area contributed by atoms with Crippen molar-refractivity contribution in [1.29, 1.82) is 0 Å². The molecule has 3 heteroatoms. The van der Waals surface area contributed by atoms with Crippen LogP contribution in [0, 0.1) is 0 Å². The number of hydrogen-bond donors (Lipinski definition) is 0. The van der Waals surface area contributed by atoms with Crippen molar-refractivity contribution in [3.63, 3.8) is 0 Å². The lowest BCUT2D eigenvalue weighted by atomic mass is 9.96. The summed E-state index contributed by atoms with van der Waals surface area (Å²) in [4.78, 5) is 1.14. The summed E-state index contributed by atoms with van der Waals surface area (Å²) in [5.41, 5.74) is 2.20. The summed E-state index contributed by atoms with van der Waals surface area (Å²) in [6, 6.07) is 3.67. The van der Waals surface area contributed by atoms with Crippen LogP contribution >= 0.6 is 0 Å². The second-order valence-corrected chi connectivity index (χ2v) is 5.83. The van der Waals surface area contributed by atoms with Crippen LogP contribution in [0.1, 0.15) is 37.8 Å². The standard InChI is InChI=1S/C11H14O2S/c1-4-8-5-6-9-11(14(9,12)13)10(8)7(2)3/h5-7H,4H2,1-3H3. The Morgan fingerprint density at radius 3 is 2.43 bits per heavy atom. The SMILES string of the molecule is CCc1ccc2c(c1C(C)C)S2(=O)=O. The van der Waals surface area contributed by atoms with Crippen LogP contribution in [0.4, 0.5) is 0 Å². The molecule has 2 nitrogen and oxygen atoms in total. The molecule has 0 N–H and O–H groups in total. The van der Waals surface area contributed by atoms with Gasteiger partial charge in [-0.1, -0.05) is 26.8 Å². The first-order valence-corrected chi connectivity index (χ1v) is 6.39. The van der Waals surface area contributed by atoms with E-state index in [1.54, 1.807) is 6.07 Å². The van der Waals surface area contributed by atoms with Crippen LogP contribution in [-0.2, 0) is 16.3 Å². The van der Waals surface area contributed by atoms with E-state index in [1.807, 2.05) is 19.9 Å². The number of sulfone groups is 1. The molecule has 0 radical (unpaired) electrons. The van der Waals surface area contributed by atoms with E-state index in [4.69, 9.17) is 0 Å². The zero-order valence-corrected chi connectivity index (χ0v) is 9.48. The van der Waals surface area contributed by atoms with Gasteiger partial charge in [0.2, 0.25) is 9.84 Å². The van der Waals surface area contributed by atoms with Crippen molar-refractivity contribution in [2.45, 2.75) is 42.9 Å². The Morgan fingerprint density at radius 2 is 1.93 bits per heavy atom. The number of aryl methyl sites for hydroxylation is 1. The van der Waals surface area contributed by atoms with Crippen molar-refractivity contribution in [3.8, 4) is 0 Å². The zero-order valence-electron chi connectivity index (χ0n) is 8.66. The van der Waals surface area contributed by atoms with E-state index in [9.17, 15) is 8.42 Å². The topological polar surface area (TPSA) is 34.1 Å². The van der Waals surface area contributed by atoms with Crippen molar-refractivity contribution >= 4 is 9.84 Å². The molecule has 0 unspecified atom stereocenters. The minimum absolute atomic E-state index is 0.289. The molecule has 0 atom stereocenters. The molecule has 2 rings (SSSR count). The summed E-state index contributed by atoms with van der Waals surface area (Å²) in [7, 11) is -2.98. The van der Waals surface area contributed by atoms with Crippen LogP contribution in [0.3, 0.4) is 0 Å². The smallest absolute Gasteiger partial charge is 0.209 e. The largest absolute Gasteiger partial charge is 0.218 e. The van der Waals surface area contributed by atoms with Gasteiger partial charge in [-0.2, -0.15) is 0 Å². The van der Waals surface area contributed by atoms with Gasteiger partial charge in [0.1, 0.15) is 0 Å². The molecule has 0 bridgehead atoms. The van der Waals surface area contributed by atoms with Gasteiger partial charge in [-0.25, -0.2) is 8.42 Å².